The van der Waals surface area contributed by atoms with Crippen LogP contribution in [-0.2, 0) is 12.6 Å². The molecule has 0 aromatic heterocycles. The monoisotopic (exact) mass is 437 g/mol. The number of hydrogen-bond acceptors (Lipinski definition) is 2. The van der Waals surface area contributed by atoms with E-state index in [-0.39, 0.29) is 18.4 Å². The summed E-state index contributed by atoms with van der Waals surface area (Å²) in [4.78, 5) is 0. The van der Waals surface area contributed by atoms with Gasteiger partial charge in [0.1, 0.15) is 5.75 Å². The molecule has 0 bridgehead atoms. The zero-order valence-corrected chi connectivity index (χ0v) is 17.8. The molecule has 2 nitrogen and oxygen atoms in total. The molecule has 0 heterocycles. The van der Waals surface area contributed by atoms with Gasteiger partial charge in [-0.1, -0.05) is 73.7 Å². The fourth-order valence-electron chi connectivity index (χ4n) is 2.98. The fraction of sp³-hybridized carbons (Fsp3) is 0.250. The number of nitrogens with one attached hydrogen (secondary N) is 1. The third kappa shape index (κ3) is 8.09. The summed E-state index contributed by atoms with van der Waals surface area (Å²) in [6.45, 7) is 4.76. The van der Waals surface area contributed by atoms with E-state index in [4.69, 9.17) is 0 Å². The zero-order valence-electron chi connectivity index (χ0n) is 17.0. The Bertz CT molecular complexity index is 885. The van der Waals surface area contributed by atoms with Gasteiger partial charge in [0.25, 0.3) is 0 Å². The molecule has 3 rings (SSSR count). The van der Waals surface area contributed by atoms with Crippen LogP contribution in [0, 0.1) is 0 Å². The minimum absolute atomic E-state index is 0. The molecule has 0 aliphatic rings. The summed E-state index contributed by atoms with van der Waals surface area (Å²) in [6, 6.07) is 22.9. The summed E-state index contributed by atoms with van der Waals surface area (Å²) in [5.41, 5.74) is 2.06. The highest BCUT2D eigenvalue weighted by molar-refractivity contribution is 5.85. The molecular formula is C24H27ClF3NO. The topological polar surface area (TPSA) is 32.3 Å². The van der Waals surface area contributed by atoms with Gasteiger partial charge >= 0.3 is 6.18 Å². The number of benzene rings is 3. The molecule has 162 valence electrons. The molecule has 1 unspecified atom stereocenters. The van der Waals surface area contributed by atoms with Crippen molar-refractivity contribution in [3.8, 4) is 16.9 Å². The number of rotatable bonds is 5. The van der Waals surface area contributed by atoms with E-state index in [1.165, 1.54) is 12.1 Å². The van der Waals surface area contributed by atoms with Gasteiger partial charge in [0.15, 0.2) is 0 Å². The maximum Gasteiger partial charge on any atom is 0.416 e. The highest BCUT2D eigenvalue weighted by Crippen LogP contribution is 2.30. The Morgan fingerprint density at radius 2 is 1.53 bits per heavy atom. The van der Waals surface area contributed by atoms with E-state index in [9.17, 15) is 18.3 Å². The van der Waals surface area contributed by atoms with Gasteiger partial charge in [0.2, 0.25) is 0 Å². The molecule has 0 aliphatic carbocycles. The lowest BCUT2D eigenvalue weighted by Gasteiger charge is -2.13. The molecule has 0 amide bonds. The van der Waals surface area contributed by atoms with Gasteiger partial charge in [-0.25, -0.2) is 0 Å². The first-order valence-corrected chi connectivity index (χ1v) is 9.54. The molecule has 0 saturated heterocycles. The number of para-hydroxylation sites is 1. The first-order valence-electron chi connectivity index (χ1n) is 9.54. The second kappa shape index (κ2) is 12.3. The number of likely N-dealkylation sites (N-methyl/N-ethyl adjacent to an activating group) is 1. The maximum absolute atomic E-state index is 12.4. The van der Waals surface area contributed by atoms with Gasteiger partial charge in [0, 0.05) is 11.6 Å². The summed E-state index contributed by atoms with van der Waals surface area (Å²) in [6.07, 6.45) is -3.64. The van der Waals surface area contributed by atoms with Crippen LogP contribution >= 0.6 is 12.4 Å². The fourth-order valence-corrected chi connectivity index (χ4v) is 2.98. The van der Waals surface area contributed by atoms with Crippen molar-refractivity contribution in [2.45, 2.75) is 32.5 Å². The van der Waals surface area contributed by atoms with Gasteiger partial charge in [-0.05, 0) is 43.1 Å². The summed E-state index contributed by atoms with van der Waals surface area (Å²) < 4.78 is 37.3. The van der Waals surface area contributed by atoms with Crippen molar-refractivity contribution in [1.82, 2.24) is 5.32 Å². The second-order valence-electron chi connectivity index (χ2n) is 6.74. The highest BCUT2D eigenvalue weighted by Gasteiger charge is 2.30. The molecule has 0 fully saturated rings. The minimum Gasteiger partial charge on any atom is -0.507 e. The Morgan fingerprint density at radius 3 is 2.13 bits per heavy atom. The van der Waals surface area contributed by atoms with E-state index >= 15 is 0 Å². The third-order valence-electron chi connectivity index (χ3n) is 4.34. The smallest absolute Gasteiger partial charge is 0.416 e. The summed E-state index contributed by atoms with van der Waals surface area (Å²) in [5.74, 6) is 0.328. The molecule has 0 saturated carbocycles. The van der Waals surface area contributed by atoms with Crippen LogP contribution in [0.2, 0.25) is 0 Å². The Morgan fingerprint density at radius 1 is 0.900 bits per heavy atom. The lowest BCUT2D eigenvalue weighted by molar-refractivity contribution is -0.137. The van der Waals surface area contributed by atoms with E-state index in [1.807, 2.05) is 62.4 Å². The zero-order chi connectivity index (χ0) is 21.3. The van der Waals surface area contributed by atoms with Crippen molar-refractivity contribution in [3.05, 3.63) is 90.0 Å². The SMILES string of the molecule is CCNC(C)Cc1cccc(C(F)(F)F)c1.Cl.Oc1ccccc1-c1ccccc1. The standard InChI is InChI=1S/C12H16F3N.C12H10O.ClH/c1-3-16-9(2)7-10-5-4-6-11(8-10)12(13,14)15;13-12-9-5-4-8-11(12)10-6-2-1-3-7-10;/h4-6,8-9,16H,3,7H2,1-2H3;1-9,13H;1H. The molecule has 6 heteroatoms. The van der Waals surface area contributed by atoms with Crippen molar-refractivity contribution < 1.29 is 18.3 Å². The Labute approximate surface area is 182 Å². The number of phenolic OH excluding ortho intramolecular Hbond substituents is 1. The van der Waals surface area contributed by atoms with Gasteiger partial charge < -0.3 is 10.4 Å². The minimum atomic E-state index is -4.25. The van der Waals surface area contributed by atoms with Crippen LogP contribution in [0.4, 0.5) is 13.2 Å². The Kier molecular flexibility index (Phi) is 10.4. The lowest BCUT2D eigenvalue weighted by Crippen LogP contribution is -2.27. The van der Waals surface area contributed by atoms with Crippen molar-refractivity contribution in [2.75, 3.05) is 6.54 Å². The van der Waals surface area contributed by atoms with Crippen molar-refractivity contribution in [2.24, 2.45) is 0 Å². The van der Waals surface area contributed by atoms with Crippen LogP contribution in [0.1, 0.15) is 25.0 Å². The predicted molar refractivity (Wildman–Crippen MR) is 119 cm³/mol. The second-order valence-corrected chi connectivity index (χ2v) is 6.74. The highest BCUT2D eigenvalue weighted by atomic mass is 35.5. The largest absolute Gasteiger partial charge is 0.507 e. The maximum atomic E-state index is 12.4. The van der Waals surface area contributed by atoms with E-state index in [0.29, 0.717) is 17.7 Å². The van der Waals surface area contributed by atoms with Crippen LogP contribution in [0.3, 0.4) is 0 Å². The quantitative estimate of drug-likeness (QED) is 0.464. The molecule has 3 aromatic rings. The molecular weight excluding hydrogens is 411 g/mol. The number of alkyl halides is 3. The first-order chi connectivity index (χ1) is 13.8. The Hall–Kier alpha value is -2.50. The van der Waals surface area contributed by atoms with E-state index in [2.05, 4.69) is 5.32 Å². The van der Waals surface area contributed by atoms with E-state index in [0.717, 1.165) is 23.7 Å². The number of halogens is 4. The van der Waals surface area contributed by atoms with Crippen molar-refractivity contribution >= 4 is 12.4 Å². The van der Waals surface area contributed by atoms with Gasteiger partial charge in [-0.2, -0.15) is 13.2 Å². The predicted octanol–water partition coefficient (Wildman–Crippen LogP) is 6.73. The molecule has 30 heavy (non-hydrogen) atoms. The third-order valence-corrected chi connectivity index (χ3v) is 4.34. The molecule has 1 atom stereocenters. The first kappa shape index (κ1) is 25.5. The summed E-state index contributed by atoms with van der Waals surface area (Å²) >= 11 is 0. The number of phenols is 1. The molecule has 0 spiro atoms. The summed E-state index contributed by atoms with van der Waals surface area (Å²) in [7, 11) is 0. The molecule has 2 N–H and O–H groups in total. The normalized spacial score (nSPS) is 11.6. The van der Waals surface area contributed by atoms with Gasteiger partial charge in [0.05, 0.1) is 5.56 Å². The number of aromatic hydroxyl groups is 1. The van der Waals surface area contributed by atoms with Crippen LogP contribution in [0.5, 0.6) is 5.75 Å². The average Bonchev–Trinajstić information content (AvgIpc) is 2.69. The summed E-state index contributed by atoms with van der Waals surface area (Å²) in [5, 5.41) is 12.7. The molecule has 0 radical (unpaired) electrons. The van der Waals surface area contributed by atoms with Crippen LogP contribution in [-0.4, -0.2) is 17.7 Å². The Balaban J connectivity index is 0.000000295. The van der Waals surface area contributed by atoms with Crippen LogP contribution in [0.15, 0.2) is 78.9 Å². The molecule has 0 aliphatic heterocycles. The van der Waals surface area contributed by atoms with Crippen LogP contribution in [0.25, 0.3) is 11.1 Å². The molecule has 3 aromatic carbocycles. The van der Waals surface area contributed by atoms with Crippen molar-refractivity contribution in [1.29, 1.82) is 0 Å². The van der Waals surface area contributed by atoms with Gasteiger partial charge in [-0.15, -0.1) is 12.4 Å². The van der Waals surface area contributed by atoms with E-state index in [1.54, 1.807) is 12.1 Å². The van der Waals surface area contributed by atoms with Crippen LogP contribution < -0.4 is 5.32 Å². The van der Waals surface area contributed by atoms with Gasteiger partial charge in [-0.3, -0.25) is 0 Å². The number of hydrogen-bond donors (Lipinski definition) is 2. The lowest BCUT2D eigenvalue weighted by atomic mass is 10.0. The average molecular weight is 438 g/mol. The van der Waals surface area contributed by atoms with Crippen molar-refractivity contribution in [3.63, 3.8) is 0 Å². The van der Waals surface area contributed by atoms with E-state index < -0.39 is 11.7 Å².